The van der Waals surface area contributed by atoms with Gasteiger partial charge in [0.15, 0.2) is 5.82 Å². The smallest absolute Gasteiger partial charge is 0.253 e. The minimum absolute atomic E-state index is 0.0446. The number of amides is 1. The summed E-state index contributed by atoms with van der Waals surface area (Å²) in [5, 5.41) is 18.0. The number of aromatic amines is 1. The van der Waals surface area contributed by atoms with Crippen molar-refractivity contribution in [3.63, 3.8) is 0 Å². The molecule has 1 fully saturated rings. The molecule has 0 aliphatic heterocycles. The molecule has 130 valence electrons. The lowest BCUT2D eigenvalue weighted by Crippen LogP contribution is -2.41. The number of halogens is 1. The maximum Gasteiger partial charge on any atom is 0.253 e. The average Bonchev–Trinajstić information content (AvgIpc) is 3.24. The zero-order chi connectivity index (χ0) is 17.4. The summed E-state index contributed by atoms with van der Waals surface area (Å²) in [5.74, 6) is 0.129. The van der Waals surface area contributed by atoms with Crippen molar-refractivity contribution < 1.29 is 9.18 Å². The standard InChI is InChI=1S/C17H19FN6O/c1-24-9-13(12-8-10(18)6-7-15(12)24)17(25)19-14-5-3-2-4-11(14)16-20-22-23-21-16/h6-9,11,14H,2-5H2,1H3,(H,19,25)(H,20,21,22,23). The highest BCUT2D eigenvalue weighted by atomic mass is 19.1. The van der Waals surface area contributed by atoms with Gasteiger partial charge in [-0.1, -0.05) is 18.1 Å². The molecule has 0 radical (unpaired) electrons. The van der Waals surface area contributed by atoms with Crippen LogP contribution >= 0.6 is 0 Å². The Bertz CT molecular complexity index is 903. The number of fused-ring (bicyclic) bond motifs is 1. The van der Waals surface area contributed by atoms with Crippen molar-refractivity contribution in [3.05, 3.63) is 41.6 Å². The van der Waals surface area contributed by atoms with Gasteiger partial charge < -0.3 is 9.88 Å². The summed E-state index contributed by atoms with van der Waals surface area (Å²) in [5.41, 5.74) is 1.30. The SMILES string of the molecule is Cn1cc(C(=O)NC2CCCCC2c2nn[nH]n2)c2cc(F)ccc21. The Morgan fingerprint density at radius 3 is 3.00 bits per heavy atom. The summed E-state index contributed by atoms with van der Waals surface area (Å²) in [6.45, 7) is 0. The van der Waals surface area contributed by atoms with E-state index in [2.05, 4.69) is 25.9 Å². The summed E-state index contributed by atoms with van der Waals surface area (Å²) < 4.78 is 15.5. The Morgan fingerprint density at radius 1 is 1.36 bits per heavy atom. The number of hydrogen-bond acceptors (Lipinski definition) is 4. The van der Waals surface area contributed by atoms with E-state index in [4.69, 9.17) is 0 Å². The number of nitrogens with zero attached hydrogens (tertiary/aromatic N) is 4. The van der Waals surface area contributed by atoms with Crippen LogP contribution in [0.15, 0.2) is 24.4 Å². The third-order valence-corrected chi connectivity index (χ3v) is 4.97. The first kappa shape index (κ1) is 15.7. The van der Waals surface area contributed by atoms with Crippen LogP contribution in [0.3, 0.4) is 0 Å². The van der Waals surface area contributed by atoms with Gasteiger partial charge in [-0.2, -0.15) is 5.21 Å². The van der Waals surface area contributed by atoms with Gasteiger partial charge in [-0.15, -0.1) is 10.2 Å². The highest BCUT2D eigenvalue weighted by molar-refractivity contribution is 6.07. The van der Waals surface area contributed by atoms with Crippen LogP contribution < -0.4 is 5.32 Å². The van der Waals surface area contributed by atoms with Crippen molar-refractivity contribution >= 4 is 16.8 Å². The fraction of sp³-hybridized carbons (Fsp3) is 0.412. The van der Waals surface area contributed by atoms with E-state index in [-0.39, 0.29) is 23.7 Å². The molecule has 2 atom stereocenters. The van der Waals surface area contributed by atoms with Crippen molar-refractivity contribution in [2.75, 3.05) is 0 Å². The van der Waals surface area contributed by atoms with Crippen molar-refractivity contribution in [1.82, 2.24) is 30.5 Å². The number of nitrogens with one attached hydrogen (secondary N) is 2. The monoisotopic (exact) mass is 342 g/mol. The predicted molar refractivity (Wildman–Crippen MR) is 89.5 cm³/mol. The molecule has 3 aromatic rings. The second-order valence-corrected chi connectivity index (χ2v) is 6.56. The molecule has 8 heteroatoms. The highest BCUT2D eigenvalue weighted by Gasteiger charge is 2.31. The lowest BCUT2D eigenvalue weighted by Gasteiger charge is -2.30. The maximum absolute atomic E-state index is 13.6. The molecule has 1 aliphatic carbocycles. The van der Waals surface area contributed by atoms with Crippen molar-refractivity contribution in [2.24, 2.45) is 7.05 Å². The van der Waals surface area contributed by atoms with E-state index in [0.717, 1.165) is 31.2 Å². The first-order valence-electron chi connectivity index (χ1n) is 8.42. The molecule has 1 saturated carbocycles. The Balaban J connectivity index is 1.62. The molecule has 1 amide bonds. The molecular weight excluding hydrogens is 323 g/mol. The topological polar surface area (TPSA) is 88.5 Å². The van der Waals surface area contributed by atoms with Crippen LogP contribution in [-0.4, -0.2) is 37.1 Å². The minimum Gasteiger partial charge on any atom is -0.350 e. The van der Waals surface area contributed by atoms with Crippen LogP contribution in [0, 0.1) is 5.82 Å². The van der Waals surface area contributed by atoms with E-state index in [1.807, 2.05) is 11.6 Å². The summed E-state index contributed by atoms with van der Waals surface area (Å²) in [6, 6.07) is 4.44. The zero-order valence-electron chi connectivity index (χ0n) is 13.9. The molecule has 0 bridgehead atoms. The van der Waals surface area contributed by atoms with Crippen LogP contribution in [0.1, 0.15) is 47.8 Å². The molecular formula is C17H19FN6O. The van der Waals surface area contributed by atoms with Crippen LogP contribution in [0.4, 0.5) is 4.39 Å². The van der Waals surface area contributed by atoms with Crippen molar-refractivity contribution in [1.29, 1.82) is 0 Å². The quantitative estimate of drug-likeness (QED) is 0.764. The Hall–Kier alpha value is -2.77. The molecule has 25 heavy (non-hydrogen) atoms. The van der Waals surface area contributed by atoms with Gasteiger partial charge in [0.1, 0.15) is 5.82 Å². The van der Waals surface area contributed by atoms with Crippen LogP contribution in [0.25, 0.3) is 10.9 Å². The van der Waals surface area contributed by atoms with Gasteiger partial charge in [0.05, 0.1) is 5.56 Å². The first-order valence-corrected chi connectivity index (χ1v) is 8.42. The third kappa shape index (κ3) is 2.88. The van der Waals surface area contributed by atoms with E-state index in [9.17, 15) is 9.18 Å². The van der Waals surface area contributed by atoms with Gasteiger partial charge in [0.25, 0.3) is 5.91 Å². The molecule has 2 unspecified atom stereocenters. The van der Waals surface area contributed by atoms with Crippen molar-refractivity contribution in [3.8, 4) is 0 Å². The summed E-state index contributed by atoms with van der Waals surface area (Å²) in [7, 11) is 1.85. The number of carbonyl (C=O) groups excluding carboxylic acids is 1. The molecule has 2 N–H and O–H groups in total. The second kappa shape index (κ2) is 6.27. The second-order valence-electron chi connectivity index (χ2n) is 6.56. The normalized spacial score (nSPS) is 20.7. The molecule has 2 heterocycles. The van der Waals surface area contributed by atoms with Gasteiger partial charge in [-0.3, -0.25) is 4.79 Å². The summed E-state index contributed by atoms with van der Waals surface area (Å²) in [4.78, 5) is 12.9. The molecule has 0 spiro atoms. The predicted octanol–water partition coefficient (Wildman–Crippen LogP) is 2.29. The average molecular weight is 342 g/mol. The number of H-pyrrole nitrogens is 1. The number of carbonyl (C=O) groups is 1. The lowest BCUT2D eigenvalue weighted by molar-refractivity contribution is 0.0921. The number of aryl methyl sites for hydroxylation is 1. The van der Waals surface area contributed by atoms with Crippen LogP contribution in [-0.2, 0) is 7.05 Å². The van der Waals surface area contributed by atoms with Gasteiger partial charge in [0, 0.05) is 36.1 Å². The van der Waals surface area contributed by atoms with E-state index in [1.54, 1.807) is 12.3 Å². The number of rotatable bonds is 3. The summed E-state index contributed by atoms with van der Waals surface area (Å²) >= 11 is 0. The minimum atomic E-state index is -0.352. The number of aromatic nitrogens is 5. The Morgan fingerprint density at radius 2 is 2.20 bits per heavy atom. The van der Waals surface area contributed by atoms with Gasteiger partial charge in [0.2, 0.25) is 0 Å². The molecule has 2 aromatic heterocycles. The van der Waals surface area contributed by atoms with E-state index in [0.29, 0.717) is 16.8 Å². The summed E-state index contributed by atoms with van der Waals surface area (Å²) in [6.07, 6.45) is 5.64. The number of tetrazole rings is 1. The van der Waals surface area contributed by atoms with Crippen molar-refractivity contribution in [2.45, 2.75) is 37.6 Å². The first-order chi connectivity index (χ1) is 12.1. The fourth-order valence-electron chi connectivity index (χ4n) is 3.73. The molecule has 1 aliphatic rings. The zero-order valence-corrected chi connectivity index (χ0v) is 13.9. The van der Waals surface area contributed by atoms with Crippen LogP contribution in [0.5, 0.6) is 0 Å². The molecule has 1 aromatic carbocycles. The van der Waals surface area contributed by atoms with Gasteiger partial charge in [-0.05, 0) is 31.0 Å². The largest absolute Gasteiger partial charge is 0.350 e. The van der Waals surface area contributed by atoms with E-state index >= 15 is 0 Å². The fourth-order valence-corrected chi connectivity index (χ4v) is 3.73. The lowest BCUT2D eigenvalue weighted by atomic mass is 9.84. The number of hydrogen-bond donors (Lipinski definition) is 2. The van der Waals surface area contributed by atoms with E-state index < -0.39 is 0 Å². The Labute approximate surface area is 143 Å². The van der Waals surface area contributed by atoms with Gasteiger partial charge >= 0.3 is 0 Å². The van der Waals surface area contributed by atoms with Crippen LogP contribution in [0.2, 0.25) is 0 Å². The Kier molecular flexibility index (Phi) is 3.95. The molecule has 7 nitrogen and oxygen atoms in total. The van der Waals surface area contributed by atoms with E-state index in [1.165, 1.54) is 12.1 Å². The third-order valence-electron chi connectivity index (χ3n) is 4.97. The maximum atomic E-state index is 13.6. The molecule has 0 saturated heterocycles. The highest BCUT2D eigenvalue weighted by Crippen LogP contribution is 2.31. The molecule has 4 rings (SSSR count). The van der Waals surface area contributed by atoms with Gasteiger partial charge in [-0.25, -0.2) is 4.39 Å². The number of benzene rings is 1.